The van der Waals surface area contributed by atoms with Crippen molar-refractivity contribution < 1.29 is 8.42 Å². The molecule has 0 aliphatic rings. The smallest absolute Gasteiger partial charge is 0.264 e. The van der Waals surface area contributed by atoms with Gasteiger partial charge in [0.25, 0.3) is 10.0 Å². The summed E-state index contributed by atoms with van der Waals surface area (Å²) in [5.74, 6) is 0.477. The van der Waals surface area contributed by atoms with Gasteiger partial charge in [0.1, 0.15) is 12.1 Å². The molecule has 9 heteroatoms. The molecule has 3 N–H and O–H groups in total. The van der Waals surface area contributed by atoms with Gasteiger partial charge in [-0.15, -0.1) is 0 Å². The average Bonchev–Trinajstić information content (AvgIpc) is 3.02. The highest BCUT2D eigenvalue weighted by atomic mass is 32.2. The van der Waals surface area contributed by atoms with E-state index in [2.05, 4.69) is 19.7 Å². The second-order valence-electron chi connectivity index (χ2n) is 4.38. The van der Waals surface area contributed by atoms with Gasteiger partial charge in [0, 0.05) is 24.3 Å². The van der Waals surface area contributed by atoms with Gasteiger partial charge in [-0.25, -0.2) is 23.1 Å². The van der Waals surface area contributed by atoms with E-state index in [1.807, 2.05) is 0 Å². The summed E-state index contributed by atoms with van der Waals surface area (Å²) >= 11 is 0. The van der Waals surface area contributed by atoms with Crippen LogP contribution in [0, 0.1) is 0 Å². The van der Waals surface area contributed by atoms with Gasteiger partial charge in [-0.05, 0) is 30.3 Å². The van der Waals surface area contributed by atoms with Crippen molar-refractivity contribution in [1.82, 2.24) is 19.5 Å². The topological polar surface area (TPSA) is 116 Å². The van der Waals surface area contributed by atoms with E-state index < -0.39 is 10.0 Å². The van der Waals surface area contributed by atoms with Gasteiger partial charge in [0.15, 0.2) is 0 Å². The number of sulfonamides is 1. The molecule has 0 bridgehead atoms. The standard InChI is InChI=1S/C13H12N6O2S/c14-10-1-3-11(4-2-10)22(20,21)18-13-16-6-5-12(17-13)19-8-7-15-9-19/h1-9H,14H2,(H,16,17,18). The molecule has 0 saturated carbocycles. The van der Waals surface area contributed by atoms with E-state index in [0.29, 0.717) is 11.5 Å². The van der Waals surface area contributed by atoms with Crippen LogP contribution in [-0.2, 0) is 10.0 Å². The molecule has 22 heavy (non-hydrogen) atoms. The number of rotatable bonds is 4. The van der Waals surface area contributed by atoms with Gasteiger partial charge in [-0.3, -0.25) is 4.57 Å². The molecule has 3 aromatic rings. The summed E-state index contributed by atoms with van der Waals surface area (Å²) in [5.41, 5.74) is 6.03. The largest absolute Gasteiger partial charge is 0.399 e. The number of imidazole rings is 1. The first-order valence-corrected chi connectivity index (χ1v) is 7.73. The molecule has 0 unspecified atom stereocenters. The third kappa shape index (κ3) is 2.88. The molecule has 1 aromatic carbocycles. The SMILES string of the molecule is Nc1ccc(S(=O)(=O)Nc2nccc(-n3ccnc3)n2)cc1. The van der Waals surface area contributed by atoms with Crippen molar-refractivity contribution in [3.05, 3.63) is 55.2 Å². The Morgan fingerprint density at radius 2 is 1.86 bits per heavy atom. The molecule has 0 spiro atoms. The van der Waals surface area contributed by atoms with Crippen LogP contribution in [0.15, 0.2) is 60.1 Å². The lowest BCUT2D eigenvalue weighted by Crippen LogP contribution is -2.15. The fourth-order valence-electron chi connectivity index (χ4n) is 1.76. The van der Waals surface area contributed by atoms with Crippen LogP contribution >= 0.6 is 0 Å². The average molecular weight is 316 g/mol. The molecule has 0 aliphatic carbocycles. The summed E-state index contributed by atoms with van der Waals surface area (Å²) in [7, 11) is -3.77. The zero-order chi connectivity index (χ0) is 15.6. The van der Waals surface area contributed by atoms with Crippen molar-refractivity contribution in [1.29, 1.82) is 0 Å². The van der Waals surface area contributed by atoms with Crippen LogP contribution in [0.4, 0.5) is 11.6 Å². The predicted molar refractivity (Wildman–Crippen MR) is 80.8 cm³/mol. The third-order valence-electron chi connectivity index (χ3n) is 2.83. The maximum Gasteiger partial charge on any atom is 0.264 e. The third-order valence-corrected chi connectivity index (χ3v) is 4.17. The molecule has 0 amide bonds. The molecule has 2 heterocycles. The summed E-state index contributed by atoms with van der Waals surface area (Å²) < 4.78 is 28.5. The quantitative estimate of drug-likeness (QED) is 0.695. The number of nitrogen functional groups attached to an aromatic ring is 1. The number of nitrogens with one attached hydrogen (secondary N) is 1. The fourth-order valence-corrected chi connectivity index (χ4v) is 2.71. The molecular weight excluding hydrogens is 304 g/mol. The van der Waals surface area contributed by atoms with Crippen molar-refractivity contribution in [2.75, 3.05) is 10.5 Å². The maximum absolute atomic E-state index is 12.3. The van der Waals surface area contributed by atoms with Crippen molar-refractivity contribution in [3.8, 4) is 5.82 Å². The Labute approximate surface area is 126 Å². The minimum Gasteiger partial charge on any atom is -0.399 e. The normalized spacial score (nSPS) is 11.3. The van der Waals surface area contributed by atoms with Crippen molar-refractivity contribution >= 4 is 21.7 Å². The number of hydrogen-bond donors (Lipinski definition) is 2. The molecule has 0 radical (unpaired) electrons. The van der Waals surface area contributed by atoms with E-state index in [1.54, 1.807) is 29.4 Å². The molecular formula is C13H12N6O2S. The Kier molecular flexibility index (Phi) is 3.47. The summed E-state index contributed by atoms with van der Waals surface area (Å²) in [6.07, 6.45) is 6.31. The van der Waals surface area contributed by atoms with E-state index in [4.69, 9.17) is 5.73 Å². The van der Waals surface area contributed by atoms with Gasteiger partial charge >= 0.3 is 0 Å². The Morgan fingerprint density at radius 3 is 2.55 bits per heavy atom. The molecule has 3 rings (SSSR count). The highest BCUT2D eigenvalue weighted by Gasteiger charge is 2.15. The highest BCUT2D eigenvalue weighted by molar-refractivity contribution is 7.92. The van der Waals surface area contributed by atoms with Crippen LogP contribution in [0.3, 0.4) is 0 Å². The maximum atomic E-state index is 12.3. The Bertz CT molecular complexity index is 875. The molecule has 0 aliphatic heterocycles. The van der Waals surface area contributed by atoms with Gasteiger partial charge in [0.05, 0.1) is 4.90 Å². The van der Waals surface area contributed by atoms with Crippen molar-refractivity contribution in [2.24, 2.45) is 0 Å². The van der Waals surface area contributed by atoms with Gasteiger partial charge in [-0.2, -0.15) is 4.98 Å². The predicted octanol–water partition coefficient (Wildman–Crippen LogP) is 1.05. The Balaban J connectivity index is 1.89. The van der Waals surface area contributed by atoms with E-state index in [9.17, 15) is 8.42 Å². The molecule has 0 saturated heterocycles. The Hall–Kier alpha value is -2.94. The van der Waals surface area contributed by atoms with Gasteiger partial charge in [-0.1, -0.05) is 0 Å². The summed E-state index contributed by atoms with van der Waals surface area (Å²) in [5, 5.41) is 0. The summed E-state index contributed by atoms with van der Waals surface area (Å²) in [6.45, 7) is 0. The number of aromatic nitrogens is 4. The zero-order valence-electron chi connectivity index (χ0n) is 11.3. The number of hydrogen-bond acceptors (Lipinski definition) is 6. The number of nitrogens with two attached hydrogens (primary N) is 1. The van der Waals surface area contributed by atoms with E-state index in [1.165, 1.54) is 30.5 Å². The summed E-state index contributed by atoms with van der Waals surface area (Å²) in [6, 6.07) is 7.49. The van der Waals surface area contributed by atoms with E-state index in [-0.39, 0.29) is 10.8 Å². The zero-order valence-corrected chi connectivity index (χ0v) is 12.1. The minimum absolute atomic E-state index is 0.0250. The minimum atomic E-state index is -3.77. The van der Waals surface area contributed by atoms with Crippen LogP contribution in [0.25, 0.3) is 5.82 Å². The molecule has 8 nitrogen and oxygen atoms in total. The van der Waals surface area contributed by atoms with E-state index in [0.717, 1.165) is 0 Å². The molecule has 0 atom stereocenters. The second kappa shape index (κ2) is 5.45. The second-order valence-corrected chi connectivity index (χ2v) is 6.07. The first kappa shape index (κ1) is 14.0. The van der Waals surface area contributed by atoms with Crippen LogP contribution in [0.2, 0.25) is 0 Å². The molecule has 0 fully saturated rings. The fraction of sp³-hybridized carbons (Fsp3) is 0. The highest BCUT2D eigenvalue weighted by Crippen LogP contribution is 2.15. The van der Waals surface area contributed by atoms with Crippen LogP contribution in [-0.4, -0.2) is 27.9 Å². The first-order valence-electron chi connectivity index (χ1n) is 6.24. The van der Waals surface area contributed by atoms with Crippen LogP contribution < -0.4 is 10.5 Å². The lowest BCUT2D eigenvalue weighted by Gasteiger charge is -2.08. The van der Waals surface area contributed by atoms with Crippen LogP contribution in [0.1, 0.15) is 0 Å². The lowest BCUT2D eigenvalue weighted by atomic mass is 10.3. The van der Waals surface area contributed by atoms with Crippen molar-refractivity contribution in [2.45, 2.75) is 4.90 Å². The number of nitrogens with zero attached hydrogens (tertiary/aromatic N) is 4. The van der Waals surface area contributed by atoms with Crippen molar-refractivity contribution in [3.63, 3.8) is 0 Å². The first-order chi connectivity index (χ1) is 10.5. The monoisotopic (exact) mass is 316 g/mol. The summed E-state index contributed by atoms with van der Waals surface area (Å²) in [4.78, 5) is 12.1. The van der Waals surface area contributed by atoms with E-state index >= 15 is 0 Å². The van der Waals surface area contributed by atoms with Gasteiger partial charge in [0.2, 0.25) is 5.95 Å². The number of benzene rings is 1. The van der Waals surface area contributed by atoms with Crippen LogP contribution in [0.5, 0.6) is 0 Å². The molecule has 2 aromatic heterocycles. The van der Waals surface area contributed by atoms with Gasteiger partial charge < -0.3 is 5.73 Å². The molecule has 112 valence electrons. The number of anilines is 2. The Morgan fingerprint density at radius 1 is 1.09 bits per heavy atom. The lowest BCUT2D eigenvalue weighted by molar-refractivity contribution is 0.601.